The summed E-state index contributed by atoms with van der Waals surface area (Å²) < 4.78 is 7.00. The molecule has 1 aliphatic rings. The van der Waals surface area contributed by atoms with E-state index in [9.17, 15) is 4.79 Å². The topological polar surface area (TPSA) is 73.1 Å². The van der Waals surface area contributed by atoms with Crippen LogP contribution in [0.1, 0.15) is 23.7 Å². The lowest BCUT2D eigenvalue weighted by molar-refractivity contribution is -0.128. The van der Waals surface area contributed by atoms with Gasteiger partial charge in [-0.2, -0.15) is 5.10 Å². The van der Waals surface area contributed by atoms with Gasteiger partial charge in [0.05, 0.1) is 12.8 Å². The lowest BCUT2D eigenvalue weighted by Crippen LogP contribution is -2.24. The van der Waals surface area contributed by atoms with E-state index in [1.165, 1.54) is 6.33 Å². The van der Waals surface area contributed by atoms with Crippen molar-refractivity contribution in [2.45, 2.75) is 18.9 Å². The summed E-state index contributed by atoms with van der Waals surface area (Å²) in [5, 5.41) is 4.35. The van der Waals surface area contributed by atoms with Crippen molar-refractivity contribution >= 4 is 5.91 Å². The van der Waals surface area contributed by atoms with Crippen molar-refractivity contribution in [2.24, 2.45) is 0 Å². The van der Waals surface area contributed by atoms with E-state index in [0.717, 1.165) is 22.8 Å². The van der Waals surface area contributed by atoms with Crippen LogP contribution >= 0.6 is 0 Å². The minimum absolute atomic E-state index is 0.0222. The first-order chi connectivity index (χ1) is 12.7. The average Bonchev–Trinajstić information content (AvgIpc) is 3.30. The van der Waals surface area contributed by atoms with Crippen LogP contribution in [0.3, 0.4) is 0 Å². The molecule has 1 atom stereocenters. The first-order valence-corrected chi connectivity index (χ1v) is 8.45. The van der Waals surface area contributed by atoms with E-state index in [-0.39, 0.29) is 11.8 Å². The molecule has 132 valence electrons. The summed E-state index contributed by atoms with van der Waals surface area (Å²) in [4.78, 5) is 22.8. The molecule has 3 aromatic rings. The molecule has 1 aliphatic heterocycles. The predicted octanol–water partition coefficient (Wildman–Crippen LogP) is 2.19. The highest BCUT2D eigenvalue weighted by Crippen LogP contribution is 2.29. The van der Waals surface area contributed by atoms with Gasteiger partial charge in [0.1, 0.15) is 17.9 Å². The maximum absolute atomic E-state index is 12.5. The van der Waals surface area contributed by atoms with Crippen LogP contribution in [0.25, 0.3) is 5.69 Å². The van der Waals surface area contributed by atoms with E-state index in [1.807, 2.05) is 41.3 Å². The summed E-state index contributed by atoms with van der Waals surface area (Å²) in [6, 6.07) is 11.5. The highest BCUT2D eigenvalue weighted by atomic mass is 16.5. The highest BCUT2D eigenvalue weighted by Gasteiger charge is 2.33. The van der Waals surface area contributed by atoms with Crippen LogP contribution in [0, 0.1) is 0 Å². The van der Waals surface area contributed by atoms with Gasteiger partial charge < -0.3 is 9.64 Å². The van der Waals surface area contributed by atoms with E-state index < -0.39 is 0 Å². The van der Waals surface area contributed by atoms with Crippen molar-refractivity contribution < 1.29 is 9.53 Å². The molecule has 26 heavy (non-hydrogen) atoms. The van der Waals surface area contributed by atoms with Gasteiger partial charge in [0.15, 0.2) is 0 Å². The van der Waals surface area contributed by atoms with E-state index in [1.54, 1.807) is 24.2 Å². The number of carbonyl (C=O) groups is 1. The summed E-state index contributed by atoms with van der Waals surface area (Å²) in [5.74, 6) is 1.75. The average molecular weight is 349 g/mol. The molecule has 0 bridgehead atoms. The number of carbonyl (C=O) groups excluding carboxylic acids is 1. The lowest BCUT2D eigenvalue weighted by atomic mass is 10.1. The number of hydrogen-bond donors (Lipinski definition) is 0. The zero-order valence-corrected chi connectivity index (χ0v) is 14.4. The van der Waals surface area contributed by atoms with Crippen LogP contribution in [-0.4, -0.2) is 44.2 Å². The van der Waals surface area contributed by atoms with E-state index in [0.29, 0.717) is 19.5 Å². The number of amides is 1. The summed E-state index contributed by atoms with van der Waals surface area (Å²) in [7, 11) is 1.64. The molecule has 1 fully saturated rings. The number of pyridine rings is 1. The molecule has 0 radical (unpaired) electrons. The lowest BCUT2D eigenvalue weighted by Gasteiger charge is -2.16. The Morgan fingerprint density at radius 2 is 1.92 bits per heavy atom. The molecule has 0 N–H and O–H groups in total. The summed E-state index contributed by atoms with van der Waals surface area (Å²) in [5.41, 5.74) is 1.98. The van der Waals surface area contributed by atoms with Crippen molar-refractivity contribution in [3.05, 3.63) is 66.5 Å². The van der Waals surface area contributed by atoms with Gasteiger partial charge in [0, 0.05) is 37.8 Å². The zero-order chi connectivity index (χ0) is 17.9. The SMILES string of the molecule is COc1ccc(-n2ncnc2C2CC(=O)N(Cc3ccncc3)C2)cc1. The summed E-state index contributed by atoms with van der Waals surface area (Å²) in [6.45, 7) is 1.23. The number of ether oxygens (including phenoxy) is 1. The second-order valence-electron chi connectivity index (χ2n) is 6.26. The first-order valence-electron chi connectivity index (χ1n) is 8.45. The summed E-state index contributed by atoms with van der Waals surface area (Å²) in [6.07, 6.45) is 5.47. The third-order valence-corrected chi connectivity index (χ3v) is 4.59. The van der Waals surface area contributed by atoms with E-state index in [2.05, 4.69) is 15.1 Å². The van der Waals surface area contributed by atoms with Crippen LogP contribution < -0.4 is 4.74 Å². The zero-order valence-electron chi connectivity index (χ0n) is 14.4. The Morgan fingerprint density at radius 1 is 1.15 bits per heavy atom. The third kappa shape index (κ3) is 3.15. The molecule has 7 nitrogen and oxygen atoms in total. The van der Waals surface area contributed by atoms with Gasteiger partial charge in [0.2, 0.25) is 5.91 Å². The number of rotatable bonds is 5. The number of hydrogen-bond acceptors (Lipinski definition) is 5. The maximum atomic E-state index is 12.5. The van der Waals surface area contributed by atoms with Gasteiger partial charge in [-0.1, -0.05) is 0 Å². The number of aromatic nitrogens is 4. The van der Waals surface area contributed by atoms with E-state index in [4.69, 9.17) is 4.74 Å². The highest BCUT2D eigenvalue weighted by molar-refractivity contribution is 5.79. The molecule has 7 heteroatoms. The number of likely N-dealkylation sites (tertiary alicyclic amines) is 1. The van der Waals surface area contributed by atoms with Gasteiger partial charge in [-0.05, 0) is 42.0 Å². The van der Waals surface area contributed by atoms with Crippen LogP contribution in [-0.2, 0) is 11.3 Å². The third-order valence-electron chi connectivity index (χ3n) is 4.59. The Kier molecular flexibility index (Phi) is 4.35. The minimum atomic E-state index is 0.0222. The van der Waals surface area contributed by atoms with Gasteiger partial charge in [-0.15, -0.1) is 0 Å². The Labute approximate surface area is 151 Å². The second kappa shape index (κ2) is 6.95. The second-order valence-corrected chi connectivity index (χ2v) is 6.26. The normalized spacial score (nSPS) is 16.9. The quantitative estimate of drug-likeness (QED) is 0.706. The molecule has 0 spiro atoms. The Bertz CT molecular complexity index is 892. The Hall–Kier alpha value is -3.22. The standard InChI is InChI=1S/C19H19N5O2/c1-26-17-4-2-16(3-5-17)24-19(21-13-22-24)15-10-18(25)23(12-15)11-14-6-8-20-9-7-14/h2-9,13,15H,10-12H2,1H3. The molecule has 1 saturated heterocycles. The largest absolute Gasteiger partial charge is 0.497 e. The molecule has 3 heterocycles. The predicted molar refractivity (Wildman–Crippen MR) is 94.9 cm³/mol. The summed E-state index contributed by atoms with van der Waals surface area (Å²) >= 11 is 0. The number of methoxy groups -OCH3 is 1. The smallest absolute Gasteiger partial charge is 0.223 e. The van der Waals surface area contributed by atoms with Crippen molar-refractivity contribution in [2.75, 3.05) is 13.7 Å². The van der Waals surface area contributed by atoms with Gasteiger partial charge in [-0.3, -0.25) is 9.78 Å². The molecule has 1 amide bonds. The van der Waals surface area contributed by atoms with Crippen LogP contribution in [0.15, 0.2) is 55.1 Å². The number of benzene rings is 1. The molecule has 2 aromatic heterocycles. The molecular formula is C19H19N5O2. The Balaban J connectivity index is 1.54. The molecule has 1 unspecified atom stereocenters. The fourth-order valence-corrected chi connectivity index (χ4v) is 3.26. The van der Waals surface area contributed by atoms with Gasteiger partial charge in [0.25, 0.3) is 0 Å². The van der Waals surface area contributed by atoms with Crippen molar-refractivity contribution in [1.29, 1.82) is 0 Å². The van der Waals surface area contributed by atoms with Gasteiger partial charge in [-0.25, -0.2) is 9.67 Å². The fraction of sp³-hybridized carbons (Fsp3) is 0.263. The molecule has 4 rings (SSSR count). The molecule has 0 aliphatic carbocycles. The monoisotopic (exact) mass is 349 g/mol. The molecular weight excluding hydrogens is 330 g/mol. The minimum Gasteiger partial charge on any atom is -0.497 e. The fourth-order valence-electron chi connectivity index (χ4n) is 3.26. The first kappa shape index (κ1) is 16.3. The van der Waals surface area contributed by atoms with Crippen molar-refractivity contribution in [3.63, 3.8) is 0 Å². The maximum Gasteiger partial charge on any atom is 0.223 e. The number of nitrogens with zero attached hydrogens (tertiary/aromatic N) is 5. The van der Waals surface area contributed by atoms with Gasteiger partial charge >= 0.3 is 0 Å². The molecule has 1 aromatic carbocycles. The van der Waals surface area contributed by atoms with Crippen molar-refractivity contribution in [1.82, 2.24) is 24.6 Å². The molecule has 0 saturated carbocycles. The Morgan fingerprint density at radius 3 is 2.65 bits per heavy atom. The van der Waals surface area contributed by atoms with Crippen LogP contribution in [0.2, 0.25) is 0 Å². The van der Waals surface area contributed by atoms with E-state index >= 15 is 0 Å². The van der Waals surface area contributed by atoms with Crippen LogP contribution in [0.4, 0.5) is 0 Å². The van der Waals surface area contributed by atoms with Crippen molar-refractivity contribution in [3.8, 4) is 11.4 Å². The van der Waals surface area contributed by atoms with Crippen LogP contribution in [0.5, 0.6) is 5.75 Å².